The van der Waals surface area contributed by atoms with Gasteiger partial charge in [0.1, 0.15) is 0 Å². The van der Waals surface area contributed by atoms with E-state index in [0.717, 1.165) is 19.0 Å². The molecule has 5 heteroatoms. The van der Waals surface area contributed by atoms with Crippen LogP contribution >= 0.6 is 12.2 Å². The molecule has 1 aromatic heterocycles. The molecule has 0 unspecified atom stereocenters. The van der Waals surface area contributed by atoms with Crippen LogP contribution in [0.25, 0.3) is 0 Å². The van der Waals surface area contributed by atoms with E-state index in [2.05, 4.69) is 28.9 Å². The number of aromatic nitrogens is 3. The van der Waals surface area contributed by atoms with Gasteiger partial charge >= 0.3 is 0 Å². The van der Waals surface area contributed by atoms with Crippen molar-refractivity contribution in [2.45, 2.75) is 26.7 Å². The highest BCUT2D eigenvalue weighted by Gasteiger charge is 2.09. The average Bonchev–Trinajstić information content (AvgIpc) is 2.51. The zero-order chi connectivity index (χ0) is 10.6. The van der Waals surface area contributed by atoms with Gasteiger partial charge < -0.3 is 4.90 Å². The standard InChI is InChI=1S/C9H18N4S/c1-4-6-7-13(5-2)8-10-11-9(14)12(8)3/h4-7H2,1-3H3,(H,11,14). The van der Waals surface area contributed by atoms with Crippen LogP contribution in [-0.2, 0) is 7.05 Å². The van der Waals surface area contributed by atoms with E-state index >= 15 is 0 Å². The van der Waals surface area contributed by atoms with Crippen molar-refractivity contribution < 1.29 is 0 Å². The summed E-state index contributed by atoms with van der Waals surface area (Å²) in [6.45, 7) is 6.33. The molecule has 0 spiro atoms. The molecule has 0 amide bonds. The molecule has 80 valence electrons. The maximum Gasteiger partial charge on any atom is 0.225 e. The molecule has 1 aromatic rings. The first-order chi connectivity index (χ1) is 6.70. The minimum Gasteiger partial charge on any atom is -0.341 e. The molecule has 0 saturated heterocycles. The van der Waals surface area contributed by atoms with E-state index in [1.54, 1.807) is 0 Å². The first-order valence-electron chi connectivity index (χ1n) is 5.07. The normalized spacial score (nSPS) is 10.5. The highest BCUT2D eigenvalue weighted by atomic mass is 32.1. The van der Waals surface area contributed by atoms with Crippen LogP contribution in [-0.4, -0.2) is 27.9 Å². The fraction of sp³-hybridized carbons (Fsp3) is 0.778. The van der Waals surface area contributed by atoms with Crippen LogP contribution in [0.2, 0.25) is 0 Å². The third-order valence-corrected chi connectivity index (χ3v) is 2.67. The zero-order valence-corrected chi connectivity index (χ0v) is 9.89. The second-order valence-electron chi connectivity index (χ2n) is 3.32. The summed E-state index contributed by atoms with van der Waals surface area (Å²) in [4.78, 5) is 2.23. The van der Waals surface area contributed by atoms with Crippen LogP contribution in [0.1, 0.15) is 26.7 Å². The molecule has 0 fully saturated rings. The number of hydrogen-bond acceptors (Lipinski definition) is 3. The van der Waals surface area contributed by atoms with Crippen molar-refractivity contribution in [3.63, 3.8) is 0 Å². The average molecular weight is 214 g/mol. The summed E-state index contributed by atoms with van der Waals surface area (Å²) in [5.74, 6) is 0.936. The van der Waals surface area contributed by atoms with Crippen molar-refractivity contribution in [3.05, 3.63) is 4.77 Å². The van der Waals surface area contributed by atoms with Crippen LogP contribution in [0.4, 0.5) is 5.95 Å². The number of H-pyrrole nitrogens is 1. The molecule has 1 rings (SSSR count). The lowest BCUT2D eigenvalue weighted by atomic mass is 10.3. The van der Waals surface area contributed by atoms with Gasteiger partial charge in [0.25, 0.3) is 0 Å². The van der Waals surface area contributed by atoms with Crippen molar-refractivity contribution in [1.82, 2.24) is 14.8 Å². The molecule has 0 atom stereocenters. The molecule has 4 nitrogen and oxygen atoms in total. The molecule has 0 bridgehead atoms. The molecule has 1 N–H and O–H groups in total. The highest BCUT2D eigenvalue weighted by Crippen LogP contribution is 2.09. The fourth-order valence-corrected chi connectivity index (χ4v) is 1.50. The van der Waals surface area contributed by atoms with Crippen LogP contribution in [0.3, 0.4) is 0 Å². The molecule has 14 heavy (non-hydrogen) atoms. The Hall–Kier alpha value is -0.840. The first-order valence-corrected chi connectivity index (χ1v) is 5.47. The third kappa shape index (κ3) is 2.35. The van der Waals surface area contributed by atoms with E-state index in [0.29, 0.717) is 4.77 Å². The van der Waals surface area contributed by atoms with E-state index in [-0.39, 0.29) is 0 Å². The lowest BCUT2D eigenvalue weighted by molar-refractivity contribution is 0.695. The van der Waals surface area contributed by atoms with Gasteiger partial charge in [-0.3, -0.25) is 4.57 Å². The molecule has 0 aromatic carbocycles. The fourth-order valence-electron chi connectivity index (χ4n) is 1.37. The van der Waals surface area contributed by atoms with E-state index in [9.17, 15) is 0 Å². The Balaban J connectivity index is 2.78. The largest absolute Gasteiger partial charge is 0.341 e. The van der Waals surface area contributed by atoms with Crippen molar-refractivity contribution in [1.29, 1.82) is 0 Å². The maximum atomic E-state index is 5.07. The summed E-state index contributed by atoms with van der Waals surface area (Å²) in [5.41, 5.74) is 0. The quantitative estimate of drug-likeness (QED) is 0.763. The minimum atomic E-state index is 0.676. The lowest BCUT2D eigenvalue weighted by Crippen LogP contribution is -2.26. The Bertz CT molecular complexity index is 328. The summed E-state index contributed by atoms with van der Waals surface area (Å²) < 4.78 is 2.59. The van der Waals surface area contributed by atoms with Crippen molar-refractivity contribution in [2.75, 3.05) is 18.0 Å². The second-order valence-corrected chi connectivity index (χ2v) is 3.71. The molecule has 0 radical (unpaired) electrons. The molecule has 0 saturated carbocycles. The number of nitrogens with zero attached hydrogens (tertiary/aromatic N) is 3. The predicted octanol–water partition coefficient (Wildman–Crippen LogP) is 2.10. The predicted molar refractivity (Wildman–Crippen MR) is 61.2 cm³/mol. The Kier molecular flexibility index (Phi) is 4.13. The van der Waals surface area contributed by atoms with Gasteiger partial charge in [0.15, 0.2) is 4.77 Å². The van der Waals surface area contributed by atoms with E-state index < -0.39 is 0 Å². The third-order valence-electron chi connectivity index (χ3n) is 2.30. The Morgan fingerprint density at radius 3 is 2.64 bits per heavy atom. The van der Waals surface area contributed by atoms with Crippen LogP contribution < -0.4 is 4.90 Å². The van der Waals surface area contributed by atoms with Gasteiger partial charge in [-0.25, -0.2) is 5.10 Å². The zero-order valence-electron chi connectivity index (χ0n) is 9.08. The number of unbranched alkanes of at least 4 members (excludes halogenated alkanes) is 1. The van der Waals surface area contributed by atoms with Gasteiger partial charge in [-0.15, -0.1) is 5.10 Å². The summed E-state index contributed by atoms with van der Waals surface area (Å²) in [5, 5.41) is 7.01. The SMILES string of the molecule is CCCCN(CC)c1n[nH]c(=S)n1C. The van der Waals surface area contributed by atoms with E-state index in [1.165, 1.54) is 12.8 Å². The first kappa shape index (κ1) is 11.2. The van der Waals surface area contributed by atoms with Crippen LogP contribution in [0.15, 0.2) is 0 Å². The molecular weight excluding hydrogens is 196 g/mol. The number of rotatable bonds is 5. The Labute approximate surface area is 89.9 Å². The minimum absolute atomic E-state index is 0.676. The summed E-state index contributed by atoms with van der Waals surface area (Å²) >= 11 is 5.07. The number of aromatic amines is 1. The highest BCUT2D eigenvalue weighted by molar-refractivity contribution is 7.71. The summed E-state index contributed by atoms with van der Waals surface area (Å²) in [7, 11) is 1.94. The van der Waals surface area contributed by atoms with Crippen LogP contribution in [0.5, 0.6) is 0 Å². The van der Waals surface area contributed by atoms with Crippen molar-refractivity contribution in [3.8, 4) is 0 Å². The van der Waals surface area contributed by atoms with Gasteiger partial charge in [0.05, 0.1) is 0 Å². The van der Waals surface area contributed by atoms with E-state index in [4.69, 9.17) is 12.2 Å². The molecular formula is C9H18N4S. The van der Waals surface area contributed by atoms with Gasteiger partial charge in [-0.2, -0.15) is 0 Å². The molecule has 1 heterocycles. The number of hydrogen-bond donors (Lipinski definition) is 1. The van der Waals surface area contributed by atoms with Gasteiger partial charge in [-0.1, -0.05) is 13.3 Å². The van der Waals surface area contributed by atoms with Crippen molar-refractivity contribution >= 4 is 18.2 Å². The number of anilines is 1. The summed E-state index contributed by atoms with van der Waals surface area (Å²) in [6.07, 6.45) is 2.39. The smallest absolute Gasteiger partial charge is 0.225 e. The maximum absolute atomic E-state index is 5.07. The molecule has 0 aliphatic heterocycles. The molecule has 0 aliphatic carbocycles. The second kappa shape index (κ2) is 5.14. The summed E-state index contributed by atoms with van der Waals surface area (Å²) in [6, 6.07) is 0. The molecule has 0 aliphatic rings. The van der Waals surface area contributed by atoms with E-state index in [1.807, 2.05) is 11.6 Å². The van der Waals surface area contributed by atoms with Gasteiger partial charge in [0.2, 0.25) is 5.95 Å². The van der Waals surface area contributed by atoms with Crippen molar-refractivity contribution in [2.24, 2.45) is 7.05 Å². The van der Waals surface area contributed by atoms with Gasteiger partial charge in [-0.05, 0) is 25.6 Å². The number of nitrogens with one attached hydrogen (secondary N) is 1. The Morgan fingerprint density at radius 2 is 2.21 bits per heavy atom. The lowest BCUT2D eigenvalue weighted by Gasteiger charge is -2.20. The topological polar surface area (TPSA) is 36.9 Å². The Morgan fingerprint density at radius 1 is 1.50 bits per heavy atom. The van der Waals surface area contributed by atoms with Crippen LogP contribution in [0, 0.1) is 4.77 Å². The van der Waals surface area contributed by atoms with Gasteiger partial charge in [0, 0.05) is 20.1 Å². The monoisotopic (exact) mass is 214 g/mol.